The monoisotopic (exact) mass is 440 g/mol. The van der Waals surface area contributed by atoms with Crippen LogP contribution in [0.1, 0.15) is 17.5 Å². The standard InChI is InChI=1S/C22H24N4O4S/c23-17-19-6-8-20(9-7-19)31(29,30)26-14-12-25(13-15-26)22(28)10-11-24-21(27)16-18-4-2-1-3-5-18/h1-9H,10-16H2,(H,24,27). The molecule has 0 aromatic heterocycles. The highest BCUT2D eigenvalue weighted by atomic mass is 32.2. The van der Waals surface area contributed by atoms with Crippen LogP contribution < -0.4 is 5.32 Å². The number of hydrogen-bond acceptors (Lipinski definition) is 5. The van der Waals surface area contributed by atoms with Gasteiger partial charge in [0, 0.05) is 39.1 Å². The Hall–Kier alpha value is -3.22. The SMILES string of the molecule is N#Cc1ccc(S(=O)(=O)N2CCN(C(=O)CCNC(=O)Cc3ccccc3)CC2)cc1. The molecule has 9 heteroatoms. The van der Waals surface area contributed by atoms with E-state index < -0.39 is 10.0 Å². The van der Waals surface area contributed by atoms with E-state index in [1.165, 1.54) is 28.6 Å². The van der Waals surface area contributed by atoms with Crippen molar-refractivity contribution >= 4 is 21.8 Å². The first-order chi connectivity index (χ1) is 14.9. The smallest absolute Gasteiger partial charge is 0.243 e. The second-order valence-corrected chi connectivity index (χ2v) is 9.12. The van der Waals surface area contributed by atoms with Crippen LogP contribution in [0.2, 0.25) is 0 Å². The van der Waals surface area contributed by atoms with Gasteiger partial charge in [-0.25, -0.2) is 8.42 Å². The Labute approximate surface area is 182 Å². The molecule has 1 aliphatic heterocycles. The molecule has 1 heterocycles. The molecule has 0 atom stereocenters. The summed E-state index contributed by atoms with van der Waals surface area (Å²) < 4.78 is 26.9. The zero-order chi connectivity index (χ0) is 22.3. The van der Waals surface area contributed by atoms with E-state index in [2.05, 4.69) is 5.32 Å². The van der Waals surface area contributed by atoms with Gasteiger partial charge in [-0.2, -0.15) is 9.57 Å². The first-order valence-corrected chi connectivity index (χ1v) is 11.4. The molecule has 8 nitrogen and oxygen atoms in total. The third-order valence-electron chi connectivity index (χ3n) is 5.08. The number of nitriles is 1. The molecule has 2 aromatic carbocycles. The van der Waals surface area contributed by atoms with Gasteiger partial charge in [0.1, 0.15) is 0 Å². The maximum atomic E-state index is 12.8. The van der Waals surface area contributed by atoms with E-state index in [9.17, 15) is 18.0 Å². The number of carbonyl (C=O) groups is 2. The second-order valence-electron chi connectivity index (χ2n) is 7.18. The van der Waals surface area contributed by atoms with E-state index >= 15 is 0 Å². The predicted octanol–water partition coefficient (Wildman–Crippen LogP) is 1.14. The fraction of sp³-hybridized carbons (Fsp3) is 0.318. The van der Waals surface area contributed by atoms with Gasteiger partial charge in [0.2, 0.25) is 21.8 Å². The van der Waals surface area contributed by atoms with E-state index in [1.807, 2.05) is 36.4 Å². The van der Waals surface area contributed by atoms with Gasteiger partial charge in [0.25, 0.3) is 0 Å². The number of sulfonamides is 1. The molecule has 1 fully saturated rings. The summed E-state index contributed by atoms with van der Waals surface area (Å²) in [5.41, 5.74) is 1.30. The van der Waals surface area contributed by atoms with Crippen LogP contribution in [0, 0.1) is 11.3 Å². The maximum Gasteiger partial charge on any atom is 0.243 e. The molecule has 31 heavy (non-hydrogen) atoms. The fourth-order valence-electron chi connectivity index (χ4n) is 3.34. The highest BCUT2D eigenvalue weighted by Crippen LogP contribution is 2.18. The van der Waals surface area contributed by atoms with E-state index in [0.717, 1.165) is 5.56 Å². The largest absolute Gasteiger partial charge is 0.355 e. The van der Waals surface area contributed by atoms with E-state index in [-0.39, 0.29) is 49.2 Å². The van der Waals surface area contributed by atoms with Gasteiger partial charge < -0.3 is 10.2 Å². The molecule has 0 saturated carbocycles. The van der Waals surface area contributed by atoms with Gasteiger partial charge in [-0.3, -0.25) is 9.59 Å². The van der Waals surface area contributed by atoms with Crippen LogP contribution in [0.25, 0.3) is 0 Å². The Balaban J connectivity index is 1.44. The Morgan fingerprint density at radius 2 is 1.61 bits per heavy atom. The highest BCUT2D eigenvalue weighted by molar-refractivity contribution is 7.89. The quantitative estimate of drug-likeness (QED) is 0.694. The van der Waals surface area contributed by atoms with Gasteiger partial charge in [-0.05, 0) is 29.8 Å². The van der Waals surface area contributed by atoms with Crippen molar-refractivity contribution in [1.29, 1.82) is 5.26 Å². The molecular weight excluding hydrogens is 416 g/mol. The van der Waals surface area contributed by atoms with Crippen LogP contribution in [0.3, 0.4) is 0 Å². The van der Waals surface area contributed by atoms with Crippen LogP contribution in [0.4, 0.5) is 0 Å². The van der Waals surface area contributed by atoms with E-state index in [1.54, 1.807) is 4.90 Å². The fourth-order valence-corrected chi connectivity index (χ4v) is 4.76. The van der Waals surface area contributed by atoms with Crippen molar-refractivity contribution in [2.45, 2.75) is 17.7 Å². The van der Waals surface area contributed by atoms with Gasteiger partial charge in [0.05, 0.1) is 22.9 Å². The average molecular weight is 441 g/mol. The van der Waals surface area contributed by atoms with Crippen LogP contribution in [0.15, 0.2) is 59.5 Å². The number of hydrogen-bond donors (Lipinski definition) is 1. The van der Waals surface area contributed by atoms with Crippen molar-refractivity contribution in [2.24, 2.45) is 0 Å². The Morgan fingerprint density at radius 3 is 2.23 bits per heavy atom. The summed E-state index contributed by atoms with van der Waals surface area (Å²) in [5, 5.41) is 11.6. The van der Waals surface area contributed by atoms with Crippen LogP contribution >= 0.6 is 0 Å². The lowest BCUT2D eigenvalue weighted by atomic mass is 10.1. The predicted molar refractivity (Wildman–Crippen MR) is 114 cm³/mol. The molecule has 3 rings (SSSR count). The lowest BCUT2D eigenvalue weighted by Gasteiger charge is -2.34. The topological polar surface area (TPSA) is 111 Å². The Morgan fingerprint density at radius 1 is 0.968 bits per heavy atom. The Bertz CT molecular complexity index is 1050. The van der Waals surface area contributed by atoms with Crippen molar-refractivity contribution in [3.8, 4) is 6.07 Å². The van der Waals surface area contributed by atoms with Crippen LogP contribution in [0.5, 0.6) is 0 Å². The molecule has 0 bridgehead atoms. The van der Waals surface area contributed by atoms with Gasteiger partial charge in [-0.15, -0.1) is 0 Å². The summed E-state index contributed by atoms with van der Waals surface area (Å²) >= 11 is 0. The minimum absolute atomic E-state index is 0.115. The molecular formula is C22H24N4O4S. The molecule has 1 aliphatic rings. The minimum atomic E-state index is -3.67. The molecule has 1 N–H and O–H groups in total. The molecule has 2 aromatic rings. The molecule has 0 radical (unpaired) electrons. The number of rotatable bonds is 7. The lowest BCUT2D eigenvalue weighted by molar-refractivity contribution is -0.132. The summed E-state index contributed by atoms with van der Waals surface area (Å²) in [6.07, 6.45) is 0.434. The third kappa shape index (κ3) is 5.90. The number of nitrogens with one attached hydrogen (secondary N) is 1. The van der Waals surface area contributed by atoms with Gasteiger partial charge >= 0.3 is 0 Å². The number of piperazine rings is 1. The molecule has 162 valence electrons. The van der Waals surface area contributed by atoms with Gasteiger partial charge in [0.15, 0.2) is 0 Å². The lowest BCUT2D eigenvalue weighted by Crippen LogP contribution is -2.50. The van der Waals surface area contributed by atoms with Gasteiger partial charge in [-0.1, -0.05) is 30.3 Å². The second kappa shape index (κ2) is 10.2. The third-order valence-corrected chi connectivity index (χ3v) is 6.99. The van der Waals surface area contributed by atoms with E-state index in [4.69, 9.17) is 5.26 Å². The molecule has 1 saturated heterocycles. The summed E-state index contributed by atoms with van der Waals surface area (Å²) in [6, 6.07) is 17.1. The normalized spacial score (nSPS) is 14.6. The van der Waals surface area contributed by atoms with Crippen molar-refractivity contribution in [3.05, 3.63) is 65.7 Å². The first-order valence-electron chi connectivity index (χ1n) is 9.99. The maximum absolute atomic E-state index is 12.8. The summed E-state index contributed by atoms with van der Waals surface area (Å²) in [4.78, 5) is 26.1. The van der Waals surface area contributed by atoms with Crippen LogP contribution in [-0.4, -0.2) is 62.2 Å². The number of nitrogens with zero attached hydrogens (tertiary/aromatic N) is 3. The van der Waals surface area contributed by atoms with Crippen LogP contribution in [-0.2, 0) is 26.0 Å². The number of carbonyl (C=O) groups excluding carboxylic acids is 2. The minimum Gasteiger partial charge on any atom is -0.355 e. The zero-order valence-electron chi connectivity index (χ0n) is 17.0. The average Bonchev–Trinajstić information content (AvgIpc) is 2.79. The molecule has 0 spiro atoms. The number of benzene rings is 2. The van der Waals surface area contributed by atoms with Crippen molar-refractivity contribution in [1.82, 2.24) is 14.5 Å². The zero-order valence-corrected chi connectivity index (χ0v) is 17.8. The molecule has 0 aliphatic carbocycles. The first kappa shape index (κ1) is 22.5. The molecule has 2 amide bonds. The van der Waals surface area contributed by atoms with Crippen molar-refractivity contribution < 1.29 is 18.0 Å². The highest BCUT2D eigenvalue weighted by Gasteiger charge is 2.29. The van der Waals surface area contributed by atoms with E-state index in [0.29, 0.717) is 18.7 Å². The summed E-state index contributed by atoms with van der Waals surface area (Å²) in [5.74, 6) is -0.257. The number of amides is 2. The molecule has 0 unspecified atom stereocenters. The van der Waals surface area contributed by atoms with Crippen molar-refractivity contribution in [3.63, 3.8) is 0 Å². The summed E-state index contributed by atoms with van der Waals surface area (Å²) in [6.45, 7) is 1.25. The summed E-state index contributed by atoms with van der Waals surface area (Å²) in [7, 11) is -3.67. The van der Waals surface area contributed by atoms with Crippen molar-refractivity contribution in [2.75, 3.05) is 32.7 Å². The Kier molecular flexibility index (Phi) is 7.39.